The van der Waals surface area contributed by atoms with Crippen LogP contribution in [-0.4, -0.2) is 28.0 Å². The van der Waals surface area contributed by atoms with Crippen molar-refractivity contribution in [2.24, 2.45) is 0 Å². The van der Waals surface area contributed by atoms with Crippen LogP contribution in [0.2, 0.25) is 5.02 Å². The fourth-order valence-corrected chi connectivity index (χ4v) is 4.98. The van der Waals surface area contributed by atoms with Crippen molar-refractivity contribution in [2.75, 3.05) is 17.7 Å². The maximum Gasteiger partial charge on any atom is 0.340 e. The lowest BCUT2D eigenvalue weighted by Gasteiger charge is -2.11. The summed E-state index contributed by atoms with van der Waals surface area (Å²) in [7, 11) is 1.37. The van der Waals surface area contributed by atoms with Gasteiger partial charge in [-0.15, -0.1) is 11.3 Å². The molecule has 0 atom stereocenters. The molecule has 4 rings (SSSR count). The third-order valence-corrected chi connectivity index (χ3v) is 6.84. The number of hydrogen-bond acceptors (Lipinski definition) is 5. The minimum absolute atomic E-state index is 0.365. The highest BCUT2D eigenvalue weighted by molar-refractivity contribution is 7.80. The number of anilines is 2. The molecule has 2 N–H and O–H groups in total. The molecular weight excluding hydrogens is 488 g/mol. The van der Waals surface area contributed by atoms with E-state index in [4.69, 9.17) is 28.6 Å². The average molecular weight is 511 g/mol. The molecule has 0 aliphatic carbocycles. The maximum absolute atomic E-state index is 12.4. The highest BCUT2D eigenvalue weighted by Crippen LogP contribution is 2.36. The van der Waals surface area contributed by atoms with Crippen LogP contribution in [-0.2, 0) is 11.3 Å². The van der Waals surface area contributed by atoms with Gasteiger partial charge in [0.2, 0.25) is 0 Å². The first-order valence-corrected chi connectivity index (χ1v) is 12.1. The lowest BCUT2D eigenvalue weighted by molar-refractivity contribution is 0.0602. The summed E-state index contributed by atoms with van der Waals surface area (Å²) in [5.41, 5.74) is 5.13. The number of esters is 1. The molecule has 9 heteroatoms. The highest BCUT2D eigenvalue weighted by Gasteiger charge is 2.20. The Balaban J connectivity index is 1.54. The predicted octanol–water partition coefficient (Wildman–Crippen LogP) is 6.53. The molecule has 0 saturated carbocycles. The Morgan fingerprint density at radius 1 is 1.12 bits per heavy atom. The Bertz CT molecular complexity index is 1330. The van der Waals surface area contributed by atoms with E-state index in [2.05, 4.69) is 15.7 Å². The Kier molecular flexibility index (Phi) is 7.31. The van der Waals surface area contributed by atoms with Gasteiger partial charge in [-0.2, -0.15) is 5.10 Å². The van der Waals surface area contributed by atoms with E-state index >= 15 is 0 Å². The van der Waals surface area contributed by atoms with Crippen molar-refractivity contribution in [1.82, 2.24) is 9.78 Å². The Morgan fingerprint density at radius 2 is 1.82 bits per heavy atom. The van der Waals surface area contributed by atoms with Crippen molar-refractivity contribution in [2.45, 2.75) is 20.4 Å². The number of rotatable bonds is 6. The first-order chi connectivity index (χ1) is 16.4. The number of aryl methyl sites for hydroxylation is 1. The van der Waals surface area contributed by atoms with Gasteiger partial charge in [0, 0.05) is 9.90 Å². The second-order valence-electron chi connectivity index (χ2n) is 7.62. The number of benzene rings is 2. The molecule has 34 heavy (non-hydrogen) atoms. The number of nitrogens with one attached hydrogen (secondary N) is 2. The zero-order chi connectivity index (χ0) is 24.2. The van der Waals surface area contributed by atoms with Crippen molar-refractivity contribution in [1.29, 1.82) is 0 Å². The Morgan fingerprint density at radius 3 is 2.50 bits per heavy atom. The predicted molar refractivity (Wildman–Crippen MR) is 143 cm³/mol. The van der Waals surface area contributed by atoms with Gasteiger partial charge < -0.3 is 15.4 Å². The van der Waals surface area contributed by atoms with E-state index in [0.29, 0.717) is 27.2 Å². The third-order valence-electron chi connectivity index (χ3n) is 5.29. The minimum atomic E-state index is -0.424. The van der Waals surface area contributed by atoms with E-state index < -0.39 is 5.97 Å². The molecule has 174 valence electrons. The maximum atomic E-state index is 12.4. The number of carbonyl (C=O) groups excluding carboxylic acids is 1. The molecule has 0 spiro atoms. The third kappa shape index (κ3) is 5.30. The number of hydrogen-bond donors (Lipinski definition) is 2. The smallest absolute Gasteiger partial charge is 0.340 e. The summed E-state index contributed by atoms with van der Waals surface area (Å²) >= 11 is 13.0. The number of halogens is 1. The van der Waals surface area contributed by atoms with Crippen molar-refractivity contribution in [3.8, 4) is 10.4 Å². The van der Waals surface area contributed by atoms with Crippen molar-refractivity contribution in [3.05, 3.63) is 88.2 Å². The van der Waals surface area contributed by atoms with Crippen LogP contribution in [0.5, 0.6) is 0 Å². The topological polar surface area (TPSA) is 68.2 Å². The summed E-state index contributed by atoms with van der Waals surface area (Å²) in [6.07, 6.45) is 0. The van der Waals surface area contributed by atoms with Gasteiger partial charge in [-0.1, -0.05) is 54.1 Å². The standard InChI is InChI=1S/C25H23ClN4O2S2/c1-15-22(16(2)30(29-15)14-17-9-11-19(26)12-10-17)27-25(33)28-23-20(24(31)32-3)13-21(34-23)18-7-5-4-6-8-18/h4-13H,14H2,1-3H3,(H2,27,28,33). The monoisotopic (exact) mass is 510 g/mol. The summed E-state index contributed by atoms with van der Waals surface area (Å²) in [5.74, 6) is -0.424. The van der Waals surface area contributed by atoms with Crippen molar-refractivity contribution < 1.29 is 9.53 Å². The van der Waals surface area contributed by atoms with Crippen LogP contribution in [0.1, 0.15) is 27.3 Å². The largest absolute Gasteiger partial charge is 0.465 e. The van der Waals surface area contributed by atoms with Crippen LogP contribution in [0.25, 0.3) is 10.4 Å². The fraction of sp³-hybridized carbons (Fsp3) is 0.160. The number of thiophene rings is 1. The van der Waals surface area contributed by atoms with Gasteiger partial charge in [0.25, 0.3) is 0 Å². The zero-order valence-corrected chi connectivity index (χ0v) is 21.3. The molecule has 6 nitrogen and oxygen atoms in total. The molecule has 0 fully saturated rings. The summed E-state index contributed by atoms with van der Waals surface area (Å²) in [5, 5.41) is 12.8. The van der Waals surface area contributed by atoms with Gasteiger partial charge in [-0.25, -0.2) is 4.79 Å². The molecule has 0 unspecified atom stereocenters. The van der Waals surface area contributed by atoms with E-state index in [1.54, 1.807) is 0 Å². The van der Waals surface area contributed by atoms with Gasteiger partial charge in [-0.3, -0.25) is 4.68 Å². The molecule has 4 aromatic rings. The summed E-state index contributed by atoms with van der Waals surface area (Å²) in [6, 6.07) is 19.4. The molecule has 0 saturated heterocycles. The molecule has 2 aromatic heterocycles. The first-order valence-electron chi connectivity index (χ1n) is 10.5. The first kappa shape index (κ1) is 23.9. The average Bonchev–Trinajstić information content (AvgIpc) is 3.37. The SMILES string of the molecule is COC(=O)c1cc(-c2ccccc2)sc1NC(=S)Nc1c(C)nn(Cc2ccc(Cl)cc2)c1C. The Hall–Kier alpha value is -3.20. The van der Waals surface area contributed by atoms with E-state index in [1.807, 2.05) is 79.2 Å². The number of aromatic nitrogens is 2. The second kappa shape index (κ2) is 10.4. The van der Waals surface area contributed by atoms with Crippen LogP contribution < -0.4 is 10.6 Å². The second-order valence-corrected chi connectivity index (χ2v) is 9.52. The number of nitrogens with zero attached hydrogens (tertiary/aromatic N) is 2. The van der Waals surface area contributed by atoms with E-state index in [0.717, 1.165) is 33.1 Å². The van der Waals surface area contributed by atoms with Crippen molar-refractivity contribution in [3.63, 3.8) is 0 Å². The van der Waals surface area contributed by atoms with Gasteiger partial charge >= 0.3 is 5.97 Å². The quantitative estimate of drug-likeness (QED) is 0.227. The molecule has 0 radical (unpaired) electrons. The van der Waals surface area contributed by atoms with Gasteiger partial charge in [0.1, 0.15) is 5.00 Å². The van der Waals surface area contributed by atoms with Crippen LogP contribution in [0.15, 0.2) is 60.7 Å². The minimum Gasteiger partial charge on any atom is -0.465 e. The molecule has 0 bridgehead atoms. The van der Waals surface area contributed by atoms with Crippen molar-refractivity contribution >= 4 is 56.9 Å². The molecule has 0 aliphatic heterocycles. The lowest BCUT2D eigenvalue weighted by Crippen LogP contribution is -2.20. The zero-order valence-electron chi connectivity index (χ0n) is 18.9. The fourth-order valence-electron chi connectivity index (χ4n) is 3.53. The molecular formula is C25H23ClN4O2S2. The van der Waals surface area contributed by atoms with E-state index in [9.17, 15) is 4.79 Å². The number of ether oxygens (including phenoxy) is 1. The Labute approximate surface area is 212 Å². The van der Waals surface area contributed by atoms with Gasteiger partial charge in [-0.05, 0) is 55.4 Å². The van der Waals surface area contributed by atoms with Crippen LogP contribution in [0.3, 0.4) is 0 Å². The molecule has 2 aromatic carbocycles. The number of thiocarbonyl (C=S) groups is 1. The van der Waals surface area contributed by atoms with Gasteiger partial charge in [0.15, 0.2) is 5.11 Å². The van der Waals surface area contributed by atoms with Crippen LogP contribution in [0, 0.1) is 13.8 Å². The van der Waals surface area contributed by atoms with Crippen LogP contribution >= 0.6 is 35.2 Å². The van der Waals surface area contributed by atoms with E-state index in [1.165, 1.54) is 18.4 Å². The van der Waals surface area contributed by atoms with Gasteiger partial charge in [0.05, 0.1) is 36.3 Å². The highest BCUT2D eigenvalue weighted by atomic mass is 35.5. The summed E-state index contributed by atoms with van der Waals surface area (Å²) in [6.45, 7) is 4.53. The normalized spacial score (nSPS) is 10.7. The van der Waals surface area contributed by atoms with E-state index in [-0.39, 0.29) is 0 Å². The lowest BCUT2D eigenvalue weighted by atomic mass is 10.1. The molecule has 0 aliphatic rings. The summed E-state index contributed by atoms with van der Waals surface area (Å²) < 4.78 is 6.89. The molecule has 2 heterocycles. The molecule has 0 amide bonds. The number of methoxy groups -OCH3 is 1. The van der Waals surface area contributed by atoms with Crippen LogP contribution in [0.4, 0.5) is 10.7 Å². The number of carbonyl (C=O) groups is 1. The summed E-state index contributed by atoms with van der Waals surface area (Å²) in [4.78, 5) is 13.3.